The topological polar surface area (TPSA) is 55.1 Å². The molecule has 0 saturated carbocycles. The third-order valence-electron chi connectivity index (χ3n) is 3.73. The fourth-order valence-corrected chi connectivity index (χ4v) is 2.67. The van der Waals surface area contributed by atoms with Crippen LogP contribution in [0.25, 0.3) is 0 Å². The highest BCUT2D eigenvalue weighted by atomic mass is 35.5. The first kappa shape index (κ1) is 15.5. The Kier molecular flexibility index (Phi) is 4.99. The van der Waals surface area contributed by atoms with Crippen LogP contribution < -0.4 is 11.1 Å². The molecular weight excluding hydrogens is 284 g/mol. The second kappa shape index (κ2) is 6.74. The number of carbonyl (C=O) groups excluding carboxylic acids is 1. The average molecular weight is 303 g/mol. The molecule has 0 bridgehead atoms. The van der Waals surface area contributed by atoms with E-state index >= 15 is 0 Å². The summed E-state index contributed by atoms with van der Waals surface area (Å²) >= 11 is 0. The number of hydrogen-bond donors (Lipinski definition) is 2. The average Bonchev–Trinajstić information content (AvgIpc) is 2.85. The van der Waals surface area contributed by atoms with Crippen molar-refractivity contribution in [2.75, 3.05) is 0 Å². The molecule has 4 heteroatoms. The first-order valence-corrected chi connectivity index (χ1v) is 6.92. The van der Waals surface area contributed by atoms with Gasteiger partial charge in [0.1, 0.15) is 0 Å². The van der Waals surface area contributed by atoms with Crippen LogP contribution in [0.2, 0.25) is 0 Å². The SMILES string of the molecule is Cl.NC1Cc2ccc(C(=O)NCc3ccccc3)cc2C1. The van der Waals surface area contributed by atoms with Crippen LogP contribution in [-0.4, -0.2) is 11.9 Å². The van der Waals surface area contributed by atoms with Crippen molar-refractivity contribution in [2.24, 2.45) is 5.73 Å². The van der Waals surface area contributed by atoms with E-state index < -0.39 is 0 Å². The Labute approximate surface area is 131 Å². The zero-order valence-corrected chi connectivity index (χ0v) is 12.5. The van der Waals surface area contributed by atoms with Gasteiger partial charge in [0.15, 0.2) is 0 Å². The summed E-state index contributed by atoms with van der Waals surface area (Å²) in [6, 6.07) is 16.0. The summed E-state index contributed by atoms with van der Waals surface area (Å²) < 4.78 is 0. The van der Waals surface area contributed by atoms with Gasteiger partial charge in [-0.3, -0.25) is 4.79 Å². The van der Waals surface area contributed by atoms with Crippen molar-refractivity contribution in [3.05, 3.63) is 70.8 Å². The van der Waals surface area contributed by atoms with Crippen molar-refractivity contribution < 1.29 is 4.79 Å². The zero-order valence-electron chi connectivity index (χ0n) is 11.7. The van der Waals surface area contributed by atoms with Crippen LogP contribution in [-0.2, 0) is 19.4 Å². The van der Waals surface area contributed by atoms with Crippen LogP contribution >= 0.6 is 12.4 Å². The number of nitrogens with one attached hydrogen (secondary N) is 1. The molecule has 0 aromatic heterocycles. The zero-order chi connectivity index (χ0) is 13.9. The lowest BCUT2D eigenvalue weighted by Crippen LogP contribution is -2.22. The molecule has 2 aromatic rings. The van der Waals surface area contributed by atoms with Crippen LogP contribution in [0.1, 0.15) is 27.0 Å². The number of amides is 1. The van der Waals surface area contributed by atoms with Crippen molar-refractivity contribution in [1.29, 1.82) is 0 Å². The Morgan fingerprint density at radius 1 is 1.10 bits per heavy atom. The maximum Gasteiger partial charge on any atom is 0.251 e. The Morgan fingerprint density at radius 3 is 2.57 bits per heavy atom. The van der Waals surface area contributed by atoms with Crippen molar-refractivity contribution in [3.63, 3.8) is 0 Å². The number of halogens is 1. The highest BCUT2D eigenvalue weighted by Crippen LogP contribution is 2.22. The standard InChI is InChI=1S/C17H18N2O.ClH/c18-16-9-13-6-7-14(8-15(13)10-16)17(20)19-11-12-4-2-1-3-5-12;/h1-8,16H,9-11,18H2,(H,19,20);1H. The Balaban J connectivity index is 0.00000161. The normalized spacial score (nSPS) is 16.0. The predicted molar refractivity (Wildman–Crippen MR) is 86.7 cm³/mol. The van der Waals surface area contributed by atoms with Gasteiger partial charge in [-0.1, -0.05) is 36.4 Å². The quantitative estimate of drug-likeness (QED) is 0.915. The number of nitrogens with two attached hydrogens (primary N) is 1. The van der Waals surface area contributed by atoms with Gasteiger partial charge in [0.05, 0.1) is 0 Å². The van der Waals surface area contributed by atoms with Crippen molar-refractivity contribution in [3.8, 4) is 0 Å². The molecule has 110 valence electrons. The molecule has 0 spiro atoms. The molecule has 21 heavy (non-hydrogen) atoms. The second-order valence-corrected chi connectivity index (χ2v) is 5.32. The molecule has 1 unspecified atom stereocenters. The molecular formula is C17H19ClN2O. The summed E-state index contributed by atoms with van der Waals surface area (Å²) in [5.41, 5.74) is 10.3. The maximum atomic E-state index is 12.2. The summed E-state index contributed by atoms with van der Waals surface area (Å²) in [6.07, 6.45) is 1.79. The molecule has 1 atom stereocenters. The Hall–Kier alpha value is -1.84. The lowest BCUT2D eigenvalue weighted by atomic mass is 10.1. The molecule has 1 amide bonds. The van der Waals surface area contributed by atoms with Crippen LogP contribution in [0.3, 0.4) is 0 Å². The largest absolute Gasteiger partial charge is 0.348 e. The summed E-state index contributed by atoms with van der Waals surface area (Å²) in [6.45, 7) is 0.552. The van der Waals surface area contributed by atoms with E-state index in [4.69, 9.17) is 5.73 Å². The van der Waals surface area contributed by atoms with Gasteiger partial charge in [-0.05, 0) is 41.7 Å². The number of rotatable bonds is 3. The molecule has 0 radical (unpaired) electrons. The van der Waals surface area contributed by atoms with Crippen LogP contribution in [0.5, 0.6) is 0 Å². The van der Waals surface area contributed by atoms with E-state index in [-0.39, 0.29) is 24.4 Å². The molecule has 3 rings (SSSR count). The van der Waals surface area contributed by atoms with Crippen LogP contribution in [0.15, 0.2) is 48.5 Å². The maximum absolute atomic E-state index is 12.2. The fraction of sp³-hybridized carbons (Fsp3) is 0.235. The smallest absolute Gasteiger partial charge is 0.251 e. The predicted octanol–water partition coefficient (Wildman–Crippen LogP) is 2.46. The van der Waals surface area contributed by atoms with Crippen molar-refractivity contribution >= 4 is 18.3 Å². The first-order chi connectivity index (χ1) is 9.72. The minimum absolute atomic E-state index is 0. The molecule has 1 aliphatic rings. The van der Waals surface area contributed by atoms with E-state index in [0.717, 1.165) is 18.4 Å². The summed E-state index contributed by atoms with van der Waals surface area (Å²) in [5, 5.41) is 2.95. The Morgan fingerprint density at radius 2 is 1.81 bits per heavy atom. The van der Waals surface area contributed by atoms with Gasteiger partial charge in [0.25, 0.3) is 5.91 Å². The molecule has 0 fully saturated rings. The molecule has 0 saturated heterocycles. The lowest BCUT2D eigenvalue weighted by molar-refractivity contribution is 0.0951. The summed E-state index contributed by atoms with van der Waals surface area (Å²) in [5.74, 6) is -0.0304. The minimum Gasteiger partial charge on any atom is -0.348 e. The molecule has 1 aliphatic carbocycles. The van der Waals surface area contributed by atoms with E-state index in [9.17, 15) is 4.79 Å². The molecule has 0 heterocycles. The Bertz CT molecular complexity index is 628. The molecule has 3 N–H and O–H groups in total. The highest BCUT2D eigenvalue weighted by Gasteiger charge is 2.19. The van der Waals surface area contributed by atoms with Gasteiger partial charge < -0.3 is 11.1 Å². The fourth-order valence-electron chi connectivity index (χ4n) is 2.67. The number of carbonyl (C=O) groups is 1. The van der Waals surface area contributed by atoms with Gasteiger partial charge in [0.2, 0.25) is 0 Å². The van der Waals surface area contributed by atoms with E-state index in [0.29, 0.717) is 12.1 Å². The monoisotopic (exact) mass is 302 g/mol. The van der Waals surface area contributed by atoms with E-state index in [1.54, 1.807) is 0 Å². The molecule has 2 aromatic carbocycles. The molecule has 0 aliphatic heterocycles. The van der Waals surface area contributed by atoms with E-state index in [1.807, 2.05) is 48.5 Å². The van der Waals surface area contributed by atoms with Crippen LogP contribution in [0, 0.1) is 0 Å². The number of benzene rings is 2. The number of fused-ring (bicyclic) bond motifs is 1. The van der Waals surface area contributed by atoms with E-state index in [1.165, 1.54) is 11.1 Å². The van der Waals surface area contributed by atoms with Crippen molar-refractivity contribution in [1.82, 2.24) is 5.32 Å². The third-order valence-corrected chi connectivity index (χ3v) is 3.73. The highest BCUT2D eigenvalue weighted by molar-refractivity contribution is 5.94. The summed E-state index contributed by atoms with van der Waals surface area (Å²) in [7, 11) is 0. The minimum atomic E-state index is -0.0304. The number of hydrogen-bond acceptors (Lipinski definition) is 2. The first-order valence-electron chi connectivity index (χ1n) is 6.92. The van der Waals surface area contributed by atoms with Gasteiger partial charge in [-0.2, -0.15) is 0 Å². The summed E-state index contributed by atoms with van der Waals surface area (Å²) in [4.78, 5) is 12.2. The lowest BCUT2D eigenvalue weighted by Gasteiger charge is -2.07. The van der Waals surface area contributed by atoms with Crippen LogP contribution in [0.4, 0.5) is 0 Å². The van der Waals surface area contributed by atoms with Crippen molar-refractivity contribution in [2.45, 2.75) is 25.4 Å². The third kappa shape index (κ3) is 3.63. The van der Waals surface area contributed by atoms with Gasteiger partial charge >= 0.3 is 0 Å². The van der Waals surface area contributed by atoms with Gasteiger partial charge in [-0.25, -0.2) is 0 Å². The van der Waals surface area contributed by atoms with E-state index in [2.05, 4.69) is 5.32 Å². The van der Waals surface area contributed by atoms with Gasteiger partial charge in [0, 0.05) is 18.2 Å². The second-order valence-electron chi connectivity index (χ2n) is 5.32. The van der Waals surface area contributed by atoms with Gasteiger partial charge in [-0.15, -0.1) is 12.4 Å². The molecule has 3 nitrogen and oxygen atoms in total.